The summed E-state index contributed by atoms with van der Waals surface area (Å²) in [6, 6.07) is 15.0. The number of esters is 1. The summed E-state index contributed by atoms with van der Waals surface area (Å²) in [6.45, 7) is 14.7. The van der Waals surface area contributed by atoms with Gasteiger partial charge in [-0.25, -0.2) is 4.79 Å². The van der Waals surface area contributed by atoms with Gasteiger partial charge in [-0.05, 0) is 81.0 Å². The molecule has 156 valence electrons. The number of hydrogen-bond acceptors (Lipinski definition) is 4. The molecule has 4 nitrogen and oxygen atoms in total. The van der Waals surface area contributed by atoms with Crippen molar-refractivity contribution in [2.24, 2.45) is 0 Å². The third-order valence-corrected chi connectivity index (χ3v) is 5.94. The molecule has 0 bridgehead atoms. The standard InChI is InChI=1S/C25H34N2O2/c1-7-29-24(28)19-8-11-21(12-9-19)26-18(4)20-10-13-22-23(16-20)27(17(2)3)15-14-25(22,5)6/h8-13,16-18,26H,7,14-15H2,1-6H3. The summed E-state index contributed by atoms with van der Waals surface area (Å²) in [5, 5.41) is 3.56. The van der Waals surface area contributed by atoms with Gasteiger partial charge < -0.3 is 15.0 Å². The summed E-state index contributed by atoms with van der Waals surface area (Å²) in [6.07, 6.45) is 1.18. The van der Waals surface area contributed by atoms with E-state index in [-0.39, 0.29) is 17.4 Å². The highest BCUT2D eigenvalue weighted by molar-refractivity contribution is 5.89. The molecule has 2 aromatic carbocycles. The summed E-state index contributed by atoms with van der Waals surface area (Å²) in [7, 11) is 0. The summed E-state index contributed by atoms with van der Waals surface area (Å²) in [5.41, 5.74) is 5.84. The van der Waals surface area contributed by atoms with E-state index in [1.807, 2.05) is 31.2 Å². The predicted octanol–water partition coefficient (Wildman–Crippen LogP) is 5.93. The van der Waals surface area contributed by atoms with Gasteiger partial charge in [0, 0.05) is 30.0 Å². The van der Waals surface area contributed by atoms with Crippen LogP contribution < -0.4 is 10.2 Å². The second-order valence-corrected chi connectivity index (χ2v) is 8.86. The average molecular weight is 395 g/mol. The molecule has 1 aliphatic heterocycles. The normalized spacial score (nSPS) is 16.3. The molecule has 0 aromatic heterocycles. The lowest BCUT2D eigenvalue weighted by molar-refractivity contribution is 0.0526. The van der Waals surface area contributed by atoms with Gasteiger partial charge in [0.2, 0.25) is 0 Å². The number of carbonyl (C=O) groups excluding carboxylic acids is 1. The molecule has 1 aliphatic rings. The van der Waals surface area contributed by atoms with Crippen LogP contribution >= 0.6 is 0 Å². The van der Waals surface area contributed by atoms with Crippen LogP contribution in [0.1, 0.15) is 75.5 Å². The Morgan fingerprint density at radius 1 is 1.14 bits per heavy atom. The van der Waals surface area contributed by atoms with Crippen molar-refractivity contribution < 1.29 is 9.53 Å². The molecular formula is C25H34N2O2. The molecule has 0 saturated heterocycles. The summed E-state index contributed by atoms with van der Waals surface area (Å²) < 4.78 is 5.05. The van der Waals surface area contributed by atoms with Crippen LogP contribution in [0, 0.1) is 0 Å². The highest BCUT2D eigenvalue weighted by Gasteiger charge is 2.32. The fourth-order valence-corrected chi connectivity index (χ4v) is 4.07. The fourth-order valence-electron chi connectivity index (χ4n) is 4.07. The number of fused-ring (bicyclic) bond motifs is 1. The zero-order valence-electron chi connectivity index (χ0n) is 18.6. The lowest BCUT2D eigenvalue weighted by Gasteiger charge is -2.42. The van der Waals surface area contributed by atoms with E-state index in [2.05, 4.69) is 63.0 Å². The first kappa shape index (κ1) is 21.2. The molecule has 0 radical (unpaired) electrons. The van der Waals surface area contributed by atoms with Gasteiger partial charge in [-0.15, -0.1) is 0 Å². The zero-order chi connectivity index (χ0) is 21.2. The molecule has 29 heavy (non-hydrogen) atoms. The minimum atomic E-state index is -0.279. The maximum absolute atomic E-state index is 11.8. The van der Waals surface area contributed by atoms with Crippen LogP contribution in [-0.2, 0) is 10.2 Å². The molecule has 0 fully saturated rings. The fraction of sp³-hybridized carbons (Fsp3) is 0.480. The number of ether oxygens (including phenoxy) is 1. The number of nitrogens with zero attached hydrogens (tertiary/aromatic N) is 1. The van der Waals surface area contributed by atoms with E-state index in [9.17, 15) is 4.79 Å². The molecule has 1 heterocycles. The van der Waals surface area contributed by atoms with Crippen LogP contribution in [0.3, 0.4) is 0 Å². The number of hydrogen-bond donors (Lipinski definition) is 1. The van der Waals surface area contributed by atoms with E-state index < -0.39 is 0 Å². The van der Waals surface area contributed by atoms with Gasteiger partial charge in [0.05, 0.1) is 12.2 Å². The molecule has 2 aromatic rings. The molecule has 0 spiro atoms. The summed E-state index contributed by atoms with van der Waals surface area (Å²) in [5.74, 6) is -0.279. The van der Waals surface area contributed by atoms with Crippen molar-refractivity contribution in [3.63, 3.8) is 0 Å². The molecule has 0 amide bonds. The Bertz CT molecular complexity index is 856. The van der Waals surface area contributed by atoms with Crippen LogP contribution in [0.5, 0.6) is 0 Å². The first-order valence-corrected chi connectivity index (χ1v) is 10.7. The zero-order valence-corrected chi connectivity index (χ0v) is 18.6. The lowest BCUT2D eigenvalue weighted by Crippen LogP contribution is -2.41. The lowest BCUT2D eigenvalue weighted by atomic mass is 9.76. The third-order valence-electron chi connectivity index (χ3n) is 5.94. The van der Waals surface area contributed by atoms with E-state index in [4.69, 9.17) is 4.74 Å². The van der Waals surface area contributed by atoms with Gasteiger partial charge in [-0.2, -0.15) is 0 Å². The quantitative estimate of drug-likeness (QED) is 0.616. The van der Waals surface area contributed by atoms with Crippen molar-refractivity contribution in [1.82, 2.24) is 0 Å². The van der Waals surface area contributed by atoms with Gasteiger partial charge >= 0.3 is 5.97 Å². The third kappa shape index (κ3) is 4.58. The van der Waals surface area contributed by atoms with Crippen molar-refractivity contribution in [2.75, 3.05) is 23.4 Å². The Morgan fingerprint density at radius 3 is 2.45 bits per heavy atom. The van der Waals surface area contributed by atoms with Crippen molar-refractivity contribution in [3.05, 3.63) is 59.2 Å². The van der Waals surface area contributed by atoms with Gasteiger partial charge in [0.1, 0.15) is 0 Å². The number of benzene rings is 2. The van der Waals surface area contributed by atoms with Crippen molar-refractivity contribution in [2.45, 2.75) is 65.5 Å². The van der Waals surface area contributed by atoms with E-state index in [1.165, 1.54) is 23.2 Å². The number of nitrogens with one attached hydrogen (secondary N) is 1. The molecular weight excluding hydrogens is 360 g/mol. The van der Waals surface area contributed by atoms with Gasteiger partial charge in [-0.3, -0.25) is 0 Å². The van der Waals surface area contributed by atoms with Crippen LogP contribution in [0.25, 0.3) is 0 Å². The highest BCUT2D eigenvalue weighted by atomic mass is 16.5. The van der Waals surface area contributed by atoms with Crippen molar-refractivity contribution in [1.29, 1.82) is 0 Å². The summed E-state index contributed by atoms with van der Waals surface area (Å²) in [4.78, 5) is 14.3. The van der Waals surface area contributed by atoms with Gasteiger partial charge in [-0.1, -0.05) is 26.0 Å². The van der Waals surface area contributed by atoms with E-state index in [0.717, 1.165) is 12.2 Å². The van der Waals surface area contributed by atoms with Crippen LogP contribution in [0.15, 0.2) is 42.5 Å². The van der Waals surface area contributed by atoms with Crippen LogP contribution in [0.2, 0.25) is 0 Å². The van der Waals surface area contributed by atoms with Crippen molar-refractivity contribution in [3.8, 4) is 0 Å². The molecule has 1 N–H and O–H groups in total. The summed E-state index contributed by atoms with van der Waals surface area (Å²) >= 11 is 0. The molecule has 0 aliphatic carbocycles. The number of carbonyl (C=O) groups is 1. The van der Waals surface area contributed by atoms with Crippen molar-refractivity contribution >= 4 is 17.3 Å². The van der Waals surface area contributed by atoms with Gasteiger partial charge in [0.25, 0.3) is 0 Å². The molecule has 3 rings (SSSR count). The second-order valence-electron chi connectivity index (χ2n) is 8.86. The van der Waals surface area contributed by atoms with Crippen LogP contribution in [-0.4, -0.2) is 25.2 Å². The van der Waals surface area contributed by atoms with E-state index >= 15 is 0 Å². The number of rotatable bonds is 6. The monoisotopic (exact) mass is 394 g/mol. The minimum absolute atomic E-state index is 0.160. The average Bonchev–Trinajstić information content (AvgIpc) is 2.68. The Kier molecular flexibility index (Phi) is 6.21. The number of anilines is 2. The molecule has 1 unspecified atom stereocenters. The largest absolute Gasteiger partial charge is 0.462 e. The Balaban J connectivity index is 1.80. The predicted molar refractivity (Wildman–Crippen MR) is 121 cm³/mol. The first-order valence-electron chi connectivity index (χ1n) is 10.7. The first-order chi connectivity index (χ1) is 13.7. The highest BCUT2D eigenvalue weighted by Crippen LogP contribution is 2.41. The topological polar surface area (TPSA) is 41.6 Å². The molecule has 4 heteroatoms. The SMILES string of the molecule is CCOC(=O)c1ccc(NC(C)c2ccc3c(c2)N(C(C)C)CCC3(C)C)cc1. The minimum Gasteiger partial charge on any atom is -0.462 e. The van der Waals surface area contributed by atoms with E-state index in [1.54, 1.807) is 0 Å². The smallest absolute Gasteiger partial charge is 0.338 e. The Labute approximate surface area is 175 Å². The van der Waals surface area contributed by atoms with Gasteiger partial charge in [0.15, 0.2) is 0 Å². The van der Waals surface area contributed by atoms with E-state index in [0.29, 0.717) is 18.2 Å². The molecule has 0 saturated carbocycles. The second kappa shape index (κ2) is 8.48. The molecule has 1 atom stereocenters. The Morgan fingerprint density at radius 2 is 1.83 bits per heavy atom. The maximum Gasteiger partial charge on any atom is 0.338 e. The maximum atomic E-state index is 11.8. The Hall–Kier alpha value is -2.49. The van der Waals surface area contributed by atoms with Crippen LogP contribution in [0.4, 0.5) is 11.4 Å².